The normalized spacial score (nSPS) is 12.8. The largest absolute Gasteiger partial charge is 0.336 e. The minimum atomic E-state index is 0.206. The van der Waals surface area contributed by atoms with Crippen molar-refractivity contribution in [3.8, 4) is 0 Å². The van der Waals surface area contributed by atoms with Crippen LogP contribution in [0.25, 0.3) is 0 Å². The standard InChI is InChI=1S/C12H20N6/c1-4-5-18-12(15-8-16-18)6-10(13-2)11-7-14-9-17(11)3/h7-10,13H,4-6H2,1-3H3. The summed E-state index contributed by atoms with van der Waals surface area (Å²) in [4.78, 5) is 8.50. The minimum absolute atomic E-state index is 0.206. The van der Waals surface area contributed by atoms with Crippen molar-refractivity contribution in [1.82, 2.24) is 29.6 Å². The maximum Gasteiger partial charge on any atom is 0.138 e. The molecular weight excluding hydrogens is 228 g/mol. The van der Waals surface area contributed by atoms with Crippen LogP contribution in [0.5, 0.6) is 0 Å². The third-order valence-corrected chi connectivity index (χ3v) is 3.08. The first-order valence-electron chi connectivity index (χ1n) is 6.26. The third kappa shape index (κ3) is 2.59. The van der Waals surface area contributed by atoms with Crippen LogP contribution in [0.4, 0.5) is 0 Å². The molecule has 0 saturated heterocycles. The van der Waals surface area contributed by atoms with Crippen molar-refractivity contribution >= 4 is 0 Å². The molecule has 2 aromatic heterocycles. The number of hydrogen-bond donors (Lipinski definition) is 1. The summed E-state index contributed by atoms with van der Waals surface area (Å²) >= 11 is 0. The smallest absolute Gasteiger partial charge is 0.138 e. The molecule has 0 aliphatic carbocycles. The first kappa shape index (κ1) is 12.8. The average molecular weight is 248 g/mol. The zero-order valence-electron chi connectivity index (χ0n) is 11.2. The van der Waals surface area contributed by atoms with Crippen LogP contribution < -0.4 is 5.32 Å². The van der Waals surface area contributed by atoms with Crippen LogP contribution in [-0.2, 0) is 20.0 Å². The molecule has 0 fully saturated rings. The molecule has 0 amide bonds. The van der Waals surface area contributed by atoms with Gasteiger partial charge >= 0.3 is 0 Å². The molecular formula is C12H20N6. The monoisotopic (exact) mass is 248 g/mol. The van der Waals surface area contributed by atoms with Gasteiger partial charge in [-0.05, 0) is 13.5 Å². The molecule has 1 atom stereocenters. The molecule has 0 bridgehead atoms. The van der Waals surface area contributed by atoms with Crippen molar-refractivity contribution in [2.24, 2.45) is 7.05 Å². The summed E-state index contributed by atoms with van der Waals surface area (Å²) in [5.74, 6) is 1.01. The summed E-state index contributed by atoms with van der Waals surface area (Å²) < 4.78 is 4.00. The number of aryl methyl sites for hydroxylation is 2. The fourth-order valence-electron chi connectivity index (χ4n) is 2.09. The maximum absolute atomic E-state index is 4.34. The minimum Gasteiger partial charge on any atom is -0.336 e. The molecule has 0 aromatic carbocycles. The van der Waals surface area contributed by atoms with Gasteiger partial charge in [0.2, 0.25) is 0 Å². The molecule has 2 rings (SSSR count). The maximum atomic E-state index is 4.34. The second-order valence-corrected chi connectivity index (χ2v) is 4.37. The fourth-order valence-corrected chi connectivity index (χ4v) is 2.09. The highest BCUT2D eigenvalue weighted by molar-refractivity contribution is 5.07. The quantitative estimate of drug-likeness (QED) is 0.826. The van der Waals surface area contributed by atoms with E-state index in [1.165, 1.54) is 0 Å². The van der Waals surface area contributed by atoms with E-state index >= 15 is 0 Å². The van der Waals surface area contributed by atoms with Crippen molar-refractivity contribution < 1.29 is 0 Å². The Labute approximate surface area is 107 Å². The summed E-state index contributed by atoms with van der Waals surface area (Å²) in [6.07, 6.45) is 7.21. The van der Waals surface area contributed by atoms with E-state index in [2.05, 4.69) is 27.3 Å². The van der Waals surface area contributed by atoms with E-state index < -0.39 is 0 Å². The second kappa shape index (κ2) is 5.77. The van der Waals surface area contributed by atoms with Gasteiger partial charge < -0.3 is 9.88 Å². The first-order valence-corrected chi connectivity index (χ1v) is 6.26. The molecule has 6 nitrogen and oxygen atoms in total. The number of aromatic nitrogens is 5. The molecule has 6 heteroatoms. The van der Waals surface area contributed by atoms with Crippen molar-refractivity contribution in [3.63, 3.8) is 0 Å². The first-order chi connectivity index (χ1) is 8.76. The number of likely N-dealkylation sites (N-methyl/N-ethyl adjacent to an activating group) is 1. The van der Waals surface area contributed by atoms with Crippen LogP contribution in [0.3, 0.4) is 0 Å². The van der Waals surface area contributed by atoms with Crippen LogP contribution in [0, 0.1) is 0 Å². The number of nitrogens with zero attached hydrogens (tertiary/aromatic N) is 5. The van der Waals surface area contributed by atoms with Gasteiger partial charge in [-0.25, -0.2) is 9.97 Å². The zero-order valence-corrected chi connectivity index (χ0v) is 11.2. The van der Waals surface area contributed by atoms with Gasteiger partial charge in [0, 0.05) is 26.2 Å². The van der Waals surface area contributed by atoms with E-state index in [-0.39, 0.29) is 6.04 Å². The number of hydrogen-bond acceptors (Lipinski definition) is 4. The Kier molecular flexibility index (Phi) is 4.09. The van der Waals surface area contributed by atoms with Crippen LogP contribution in [0.2, 0.25) is 0 Å². The van der Waals surface area contributed by atoms with Crippen LogP contribution >= 0.6 is 0 Å². The Morgan fingerprint density at radius 3 is 2.89 bits per heavy atom. The second-order valence-electron chi connectivity index (χ2n) is 4.37. The van der Waals surface area contributed by atoms with Crippen LogP contribution in [0.1, 0.15) is 30.9 Å². The van der Waals surface area contributed by atoms with Crippen molar-refractivity contribution in [3.05, 3.63) is 30.4 Å². The zero-order chi connectivity index (χ0) is 13.0. The lowest BCUT2D eigenvalue weighted by Crippen LogP contribution is -2.23. The van der Waals surface area contributed by atoms with Gasteiger partial charge in [0.15, 0.2) is 0 Å². The van der Waals surface area contributed by atoms with E-state index in [0.29, 0.717) is 0 Å². The summed E-state index contributed by atoms with van der Waals surface area (Å²) in [7, 11) is 3.96. The summed E-state index contributed by atoms with van der Waals surface area (Å²) in [5.41, 5.74) is 1.16. The van der Waals surface area contributed by atoms with Crippen molar-refractivity contribution in [1.29, 1.82) is 0 Å². The van der Waals surface area contributed by atoms with E-state index in [9.17, 15) is 0 Å². The van der Waals surface area contributed by atoms with E-state index in [0.717, 1.165) is 30.9 Å². The summed E-state index contributed by atoms with van der Waals surface area (Å²) in [6, 6.07) is 0.206. The lowest BCUT2D eigenvalue weighted by molar-refractivity contribution is 0.501. The highest BCUT2D eigenvalue weighted by Gasteiger charge is 2.16. The molecule has 0 aliphatic heterocycles. The van der Waals surface area contributed by atoms with Gasteiger partial charge in [0.1, 0.15) is 12.2 Å². The molecule has 0 saturated carbocycles. The number of imidazole rings is 1. The molecule has 1 unspecified atom stereocenters. The molecule has 0 spiro atoms. The highest BCUT2D eigenvalue weighted by Crippen LogP contribution is 2.16. The number of rotatable bonds is 6. The van der Waals surface area contributed by atoms with E-state index in [1.807, 2.05) is 35.9 Å². The molecule has 0 radical (unpaired) electrons. The Bertz CT molecular complexity index is 486. The Hall–Kier alpha value is -1.69. The summed E-state index contributed by atoms with van der Waals surface area (Å²) in [5, 5.41) is 7.56. The molecule has 2 heterocycles. The van der Waals surface area contributed by atoms with Gasteiger partial charge in [-0.15, -0.1) is 0 Å². The Morgan fingerprint density at radius 2 is 2.28 bits per heavy atom. The Balaban J connectivity index is 2.15. The molecule has 98 valence electrons. The SMILES string of the molecule is CCCn1ncnc1CC(NC)c1cncn1C. The van der Waals surface area contributed by atoms with Gasteiger partial charge in [-0.1, -0.05) is 6.92 Å². The predicted octanol–water partition coefficient (Wildman–Crippen LogP) is 0.925. The van der Waals surface area contributed by atoms with Crippen LogP contribution in [-0.4, -0.2) is 31.4 Å². The van der Waals surface area contributed by atoms with E-state index in [1.54, 1.807) is 6.33 Å². The molecule has 1 N–H and O–H groups in total. The van der Waals surface area contributed by atoms with Crippen molar-refractivity contribution in [2.45, 2.75) is 32.4 Å². The predicted molar refractivity (Wildman–Crippen MR) is 69.0 cm³/mol. The molecule has 0 aliphatic rings. The fraction of sp³-hybridized carbons (Fsp3) is 0.583. The lowest BCUT2D eigenvalue weighted by Gasteiger charge is -2.16. The topological polar surface area (TPSA) is 60.6 Å². The Morgan fingerprint density at radius 1 is 1.44 bits per heavy atom. The molecule has 18 heavy (non-hydrogen) atoms. The van der Waals surface area contributed by atoms with Gasteiger partial charge in [0.25, 0.3) is 0 Å². The van der Waals surface area contributed by atoms with Gasteiger partial charge in [-0.3, -0.25) is 4.68 Å². The van der Waals surface area contributed by atoms with Gasteiger partial charge in [0.05, 0.1) is 18.1 Å². The third-order valence-electron chi connectivity index (χ3n) is 3.08. The number of nitrogens with one attached hydrogen (secondary N) is 1. The summed E-state index contributed by atoms with van der Waals surface area (Å²) in [6.45, 7) is 3.05. The highest BCUT2D eigenvalue weighted by atomic mass is 15.3. The average Bonchev–Trinajstić information content (AvgIpc) is 2.96. The van der Waals surface area contributed by atoms with Gasteiger partial charge in [-0.2, -0.15) is 5.10 Å². The van der Waals surface area contributed by atoms with E-state index in [4.69, 9.17) is 0 Å². The van der Waals surface area contributed by atoms with Crippen LogP contribution in [0.15, 0.2) is 18.9 Å². The van der Waals surface area contributed by atoms with Crippen molar-refractivity contribution in [2.75, 3.05) is 7.05 Å². The lowest BCUT2D eigenvalue weighted by atomic mass is 10.1. The molecule has 2 aromatic rings.